The topological polar surface area (TPSA) is 75.4 Å². The predicted octanol–water partition coefficient (Wildman–Crippen LogP) is 3.32. The van der Waals surface area contributed by atoms with Crippen LogP contribution in [-0.2, 0) is 9.59 Å². The number of carbonyl (C=O) groups is 2. The van der Waals surface area contributed by atoms with Crippen LogP contribution in [0.3, 0.4) is 0 Å². The van der Waals surface area contributed by atoms with E-state index in [1.165, 1.54) is 0 Å². The first-order valence-corrected chi connectivity index (χ1v) is 9.45. The molecule has 2 aromatic carbocycles. The maximum Gasteiger partial charge on any atom is 0.246 e. The second kappa shape index (κ2) is 8.35. The third-order valence-corrected chi connectivity index (χ3v) is 5.22. The fourth-order valence-electron chi connectivity index (χ4n) is 3.77. The molecule has 0 aromatic heterocycles. The molecule has 3 N–H and O–H groups in total. The Hall–Kier alpha value is -2.66. The number of nitrogens with two attached hydrogens (primary N) is 1. The average molecular weight is 365 g/mol. The van der Waals surface area contributed by atoms with Gasteiger partial charge in [0.1, 0.15) is 6.04 Å². The van der Waals surface area contributed by atoms with Gasteiger partial charge in [-0.25, -0.2) is 0 Å². The van der Waals surface area contributed by atoms with Crippen molar-refractivity contribution in [2.75, 3.05) is 11.9 Å². The minimum Gasteiger partial charge on any atom is -0.368 e. The predicted molar refractivity (Wildman–Crippen MR) is 107 cm³/mol. The lowest BCUT2D eigenvalue weighted by atomic mass is 9.95. The molecule has 5 heteroatoms. The number of carbonyl (C=O) groups excluding carboxylic acids is 2. The molecule has 5 nitrogen and oxygen atoms in total. The van der Waals surface area contributed by atoms with Gasteiger partial charge in [0, 0.05) is 12.2 Å². The van der Waals surface area contributed by atoms with Gasteiger partial charge < -0.3 is 11.1 Å². The van der Waals surface area contributed by atoms with E-state index in [1.54, 1.807) is 0 Å². The highest BCUT2D eigenvalue weighted by atomic mass is 16.2. The summed E-state index contributed by atoms with van der Waals surface area (Å²) in [7, 11) is 0. The molecule has 1 heterocycles. The van der Waals surface area contributed by atoms with E-state index >= 15 is 0 Å². The molecule has 0 radical (unpaired) electrons. The van der Waals surface area contributed by atoms with Crippen molar-refractivity contribution in [3.63, 3.8) is 0 Å². The van der Waals surface area contributed by atoms with Crippen molar-refractivity contribution in [2.24, 2.45) is 5.73 Å². The lowest BCUT2D eigenvalue weighted by Crippen LogP contribution is -2.51. The molecule has 0 unspecified atom stereocenters. The molecule has 2 atom stereocenters. The van der Waals surface area contributed by atoms with Gasteiger partial charge >= 0.3 is 0 Å². The largest absolute Gasteiger partial charge is 0.368 e. The van der Waals surface area contributed by atoms with Gasteiger partial charge in [0.15, 0.2) is 0 Å². The van der Waals surface area contributed by atoms with E-state index in [0.717, 1.165) is 35.2 Å². The van der Waals surface area contributed by atoms with E-state index in [9.17, 15) is 9.59 Å². The molecule has 142 valence electrons. The Balaban J connectivity index is 1.95. The lowest BCUT2D eigenvalue weighted by Gasteiger charge is -2.39. The Morgan fingerprint density at radius 3 is 2.56 bits per heavy atom. The van der Waals surface area contributed by atoms with Crippen LogP contribution in [0.5, 0.6) is 0 Å². The van der Waals surface area contributed by atoms with Gasteiger partial charge in [0.05, 0.1) is 6.04 Å². The third kappa shape index (κ3) is 4.37. The monoisotopic (exact) mass is 365 g/mol. The summed E-state index contributed by atoms with van der Waals surface area (Å²) >= 11 is 0. The zero-order chi connectivity index (χ0) is 19.4. The van der Waals surface area contributed by atoms with Crippen LogP contribution in [0.4, 0.5) is 5.69 Å². The van der Waals surface area contributed by atoms with Crippen LogP contribution in [0.1, 0.15) is 42.0 Å². The Labute approximate surface area is 160 Å². The number of anilines is 1. The molecular formula is C22H27N3O2. The van der Waals surface area contributed by atoms with Gasteiger partial charge in [-0.1, -0.05) is 48.9 Å². The SMILES string of the molecule is Cc1ccc(C)c(NC(=O)[C@H](c2ccccc2)N2CCCC[C@@H]2C(N)=O)c1. The molecule has 1 saturated heterocycles. The summed E-state index contributed by atoms with van der Waals surface area (Å²) in [5.74, 6) is -0.502. The molecule has 0 saturated carbocycles. The number of nitrogens with zero attached hydrogens (tertiary/aromatic N) is 1. The van der Waals surface area contributed by atoms with Gasteiger partial charge in [-0.05, 0) is 49.4 Å². The zero-order valence-electron chi connectivity index (χ0n) is 15.9. The summed E-state index contributed by atoms with van der Waals surface area (Å²) in [6.45, 7) is 4.64. The van der Waals surface area contributed by atoms with Gasteiger partial charge in [0.2, 0.25) is 11.8 Å². The number of aryl methyl sites for hydroxylation is 2. The molecule has 0 bridgehead atoms. The van der Waals surface area contributed by atoms with Crippen molar-refractivity contribution in [1.82, 2.24) is 4.90 Å². The minimum absolute atomic E-state index is 0.136. The molecule has 2 aromatic rings. The average Bonchev–Trinajstić information content (AvgIpc) is 2.66. The standard InChI is InChI=1S/C22H27N3O2/c1-15-11-12-16(2)18(14-15)24-22(27)20(17-8-4-3-5-9-17)25-13-7-6-10-19(25)21(23)26/h3-5,8-9,11-12,14,19-20H,6-7,10,13H2,1-2H3,(H2,23,26)(H,24,27)/t19-,20+/m1/s1. The van der Waals surface area contributed by atoms with Crippen molar-refractivity contribution in [3.8, 4) is 0 Å². The summed E-state index contributed by atoms with van der Waals surface area (Å²) in [5.41, 5.74) is 9.42. The fourth-order valence-corrected chi connectivity index (χ4v) is 3.77. The van der Waals surface area contributed by atoms with Crippen molar-refractivity contribution in [3.05, 3.63) is 65.2 Å². The lowest BCUT2D eigenvalue weighted by molar-refractivity contribution is -0.130. The highest BCUT2D eigenvalue weighted by Crippen LogP contribution is 2.30. The molecule has 1 fully saturated rings. The van der Waals surface area contributed by atoms with Crippen molar-refractivity contribution >= 4 is 17.5 Å². The molecule has 3 rings (SSSR count). The first kappa shape index (κ1) is 19.1. The number of piperidine rings is 1. The van der Waals surface area contributed by atoms with Gasteiger partial charge in [-0.2, -0.15) is 0 Å². The van der Waals surface area contributed by atoms with Gasteiger partial charge in [-0.3, -0.25) is 14.5 Å². The number of hydrogen-bond acceptors (Lipinski definition) is 3. The van der Waals surface area contributed by atoms with E-state index in [-0.39, 0.29) is 11.8 Å². The highest BCUT2D eigenvalue weighted by Gasteiger charge is 2.37. The Kier molecular flexibility index (Phi) is 5.91. The Morgan fingerprint density at radius 2 is 1.85 bits per heavy atom. The number of nitrogens with one attached hydrogen (secondary N) is 1. The van der Waals surface area contributed by atoms with Gasteiger partial charge in [-0.15, -0.1) is 0 Å². The number of likely N-dealkylation sites (tertiary alicyclic amines) is 1. The zero-order valence-corrected chi connectivity index (χ0v) is 15.9. The first-order chi connectivity index (χ1) is 13.0. The van der Waals surface area contributed by atoms with Crippen LogP contribution in [0.25, 0.3) is 0 Å². The molecule has 0 spiro atoms. The van der Waals surface area contributed by atoms with Crippen LogP contribution in [-0.4, -0.2) is 29.3 Å². The molecule has 27 heavy (non-hydrogen) atoms. The van der Waals surface area contributed by atoms with Crippen LogP contribution < -0.4 is 11.1 Å². The number of rotatable bonds is 5. The van der Waals surface area contributed by atoms with E-state index in [4.69, 9.17) is 5.73 Å². The van der Waals surface area contributed by atoms with E-state index in [2.05, 4.69) is 5.32 Å². The van der Waals surface area contributed by atoms with Crippen LogP contribution in [0, 0.1) is 13.8 Å². The Bertz CT molecular complexity index is 820. The number of benzene rings is 2. The summed E-state index contributed by atoms with van der Waals surface area (Å²) in [5, 5.41) is 3.07. The fraction of sp³-hybridized carbons (Fsp3) is 0.364. The van der Waals surface area contributed by atoms with Crippen molar-refractivity contribution in [2.45, 2.75) is 45.2 Å². The second-order valence-corrected chi connectivity index (χ2v) is 7.27. The molecule has 2 amide bonds. The smallest absolute Gasteiger partial charge is 0.246 e. The first-order valence-electron chi connectivity index (χ1n) is 9.45. The van der Waals surface area contributed by atoms with Crippen molar-refractivity contribution in [1.29, 1.82) is 0 Å². The number of hydrogen-bond donors (Lipinski definition) is 2. The van der Waals surface area contributed by atoms with Crippen LogP contribution in [0.15, 0.2) is 48.5 Å². The molecule has 1 aliphatic heterocycles. The summed E-state index contributed by atoms with van der Waals surface area (Å²) in [4.78, 5) is 27.3. The van der Waals surface area contributed by atoms with Gasteiger partial charge in [0.25, 0.3) is 0 Å². The number of primary amides is 1. The summed E-state index contributed by atoms with van der Waals surface area (Å²) < 4.78 is 0. The van der Waals surface area contributed by atoms with E-state index in [0.29, 0.717) is 13.0 Å². The second-order valence-electron chi connectivity index (χ2n) is 7.27. The normalized spacial score (nSPS) is 18.7. The third-order valence-electron chi connectivity index (χ3n) is 5.22. The molecular weight excluding hydrogens is 338 g/mol. The van der Waals surface area contributed by atoms with E-state index < -0.39 is 12.1 Å². The van der Waals surface area contributed by atoms with Crippen LogP contribution in [0.2, 0.25) is 0 Å². The van der Waals surface area contributed by atoms with Crippen LogP contribution >= 0.6 is 0 Å². The molecule has 0 aliphatic carbocycles. The Morgan fingerprint density at radius 1 is 1.11 bits per heavy atom. The van der Waals surface area contributed by atoms with E-state index in [1.807, 2.05) is 67.3 Å². The maximum atomic E-state index is 13.3. The number of amides is 2. The highest BCUT2D eigenvalue weighted by molar-refractivity contribution is 5.96. The summed E-state index contributed by atoms with van der Waals surface area (Å²) in [6, 6.07) is 14.6. The minimum atomic E-state index is -0.552. The molecule has 1 aliphatic rings. The maximum absolute atomic E-state index is 13.3. The summed E-state index contributed by atoms with van der Waals surface area (Å²) in [6.07, 6.45) is 2.59. The van der Waals surface area contributed by atoms with Crippen molar-refractivity contribution < 1.29 is 9.59 Å². The quantitative estimate of drug-likeness (QED) is 0.853.